The molecule has 4 aromatic rings. The van der Waals surface area contributed by atoms with E-state index >= 15 is 0 Å². The van der Waals surface area contributed by atoms with Crippen LogP contribution in [0.25, 0.3) is 10.9 Å². The van der Waals surface area contributed by atoms with Gasteiger partial charge in [-0.25, -0.2) is 4.98 Å². The van der Waals surface area contributed by atoms with Crippen LogP contribution in [0, 0.1) is 6.92 Å². The molecule has 0 unspecified atom stereocenters. The number of nitrogens with one attached hydrogen (secondary N) is 3. The Morgan fingerprint density at radius 2 is 1.90 bits per heavy atom. The van der Waals surface area contributed by atoms with Crippen LogP contribution >= 0.6 is 11.3 Å². The van der Waals surface area contributed by atoms with Gasteiger partial charge < -0.3 is 15.6 Å². The molecule has 2 amide bonds. The van der Waals surface area contributed by atoms with Gasteiger partial charge in [-0.3, -0.25) is 9.59 Å². The normalized spacial score (nSPS) is 11.9. The third kappa shape index (κ3) is 5.19. The van der Waals surface area contributed by atoms with Crippen molar-refractivity contribution in [3.63, 3.8) is 0 Å². The number of fused-ring (bicyclic) bond motifs is 1. The summed E-state index contributed by atoms with van der Waals surface area (Å²) in [5.41, 5.74) is 4.40. The molecule has 0 aliphatic carbocycles. The van der Waals surface area contributed by atoms with Crippen LogP contribution in [0.3, 0.4) is 0 Å². The van der Waals surface area contributed by atoms with Crippen molar-refractivity contribution in [2.75, 3.05) is 5.32 Å². The van der Waals surface area contributed by atoms with Crippen molar-refractivity contribution < 1.29 is 9.59 Å². The lowest BCUT2D eigenvalue weighted by Crippen LogP contribution is -2.44. The van der Waals surface area contributed by atoms with Gasteiger partial charge in [0.05, 0.1) is 0 Å². The number of nitrogens with zero attached hydrogens (tertiary/aromatic N) is 1. The summed E-state index contributed by atoms with van der Waals surface area (Å²) in [5.74, 6) is -0.532. The molecule has 0 aliphatic rings. The Hall–Kier alpha value is -3.45. The van der Waals surface area contributed by atoms with Gasteiger partial charge in [0.25, 0.3) is 0 Å². The first kappa shape index (κ1) is 20.8. The second-order valence-corrected chi connectivity index (χ2v) is 8.72. The van der Waals surface area contributed by atoms with E-state index < -0.39 is 6.04 Å². The number of anilines is 1. The van der Waals surface area contributed by atoms with Gasteiger partial charge >= 0.3 is 0 Å². The van der Waals surface area contributed by atoms with Crippen LogP contribution in [0.2, 0.25) is 0 Å². The van der Waals surface area contributed by atoms with Crippen LogP contribution in [0.5, 0.6) is 0 Å². The van der Waals surface area contributed by atoms with Gasteiger partial charge in [0.15, 0.2) is 5.13 Å². The highest BCUT2D eigenvalue weighted by Crippen LogP contribution is 2.23. The zero-order valence-electron chi connectivity index (χ0n) is 17.4. The quantitative estimate of drug-likeness (QED) is 0.409. The highest BCUT2D eigenvalue weighted by atomic mass is 32.1. The maximum absolute atomic E-state index is 12.9. The fraction of sp³-hybridized carbons (Fsp3) is 0.208. The van der Waals surface area contributed by atoms with Crippen LogP contribution in [-0.4, -0.2) is 27.8 Å². The van der Waals surface area contributed by atoms with E-state index in [1.54, 1.807) is 6.20 Å². The molecule has 1 atom stereocenters. The standard InChI is InChI=1S/C24H24N4O2S/c1-15-7-9-17(10-8-15)11-19-14-26-24(31-19)28-23(30)22(27-16(2)29)12-18-13-25-21-6-4-3-5-20(18)21/h3-10,13-14,22,25H,11-12H2,1-2H3,(H,27,29)(H,26,28,30)/t22-/m1/s1. The number of para-hydroxylation sites is 1. The van der Waals surface area contributed by atoms with Gasteiger partial charge in [0.2, 0.25) is 11.8 Å². The fourth-order valence-electron chi connectivity index (χ4n) is 3.52. The number of H-pyrrole nitrogens is 1. The average molecular weight is 433 g/mol. The lowest BCUT2D eigenvalue weighted by atomic mass is 10.0. The van der Waals surface area contributed by atoms with Gasteiger partial charge in [-0.1, -0.05) is 48.0 Å². The molecule has 0 radical (unpaired) electrons. The Morgan fingerprint density at radius 1 is 1.13 bits per heavy atom. The molecule has 7 heteroatoms. The fourth-order valence-corrected chi connectivity index (χ4v) is 4.37. The third-order valence-corrected chi connectivity index (χ3v) is 5.99. The third-order valence-electron chi connectivity index (χ3n) is 5.08. The Labute approximate surface area is 184 Å². The number of carbonyl (C=O) groups excluding carboxylic acids is 2. The van der Waals surface area contributed by atoms with E-state index in [9.17, 15) is 9.59 Å². The Kier molecular flexibility index (Phi) is 6.13. The summed E-state index contributed by atoms with van der Waals surface area (Å²) in [6.45, 7) is 3.48. The minimum Gasteiger partial charge on any atom is -0.361 e. The summed E-state index contributed by atoms with van der Waals surface area (Å²) in [4.78, 5) is 33.3. The summed E-state index contributed by atoms with van der Waals surface area (Å²) >= 11 is 1.45. The number of thiazole rings is 1. The predicted octanol–water partition coefficient (Wildman–Crippen LogP) is 4.21. The Balaban J connectivity index is 1.46. The number of benzene rings is 2. The summed E-state index contributed by atoms with van der Waals surface area (Å²) in [6.07, 6.45) is 4.82. The van der Waals surface area contributed by atoms with Gasteiger partial charge in [0.1, 0.15) is 6.04 Å². The summed E-state index contributed by atoms with van der Waals surface area (Å²) in [5, 5.41) is 7.20. The van der Waals surface area contributed by atoms with E-state index in [0.29, 0.717) is 11.6 Å². The van der Waals surface area contributed by atoms with Gasteiger partial charge in [-0.15, -0.1) is 11.3 Å². The molecular formula is C24H24N4O2S. The second-order valence-electron chi connectivity index (χ2n) is 7.60. The van der Waals surface area contributed by atoms with E-state index in [0.717, 1.165) is 27.8 Å². The largest absolute Gasteiger partial charge is 0.361 e. The van der Waals surface area contributed by atoms with Crippen molar-refractivity contribution in [1.29, 1.82) is 0 Å². The number of aromatic nitrogens is 2. The number of amides is 2. The SMILES string of the molecule is CC(=O)N[C@H](Cc1c[nH]c2ccccc12)C(=O)Nc1ncc(Cc2ccc(C)cc2)s1. The Bertz CT molecular complexity index is 1210. The van der Waals surface area contributed by atoms with Crippen molar-refractivity contribution in [2.24, 2.45) is 0 Å². The molecule has 0 saturated heterocycles. The van der Waals surface area contributed by atoms with Crippen LogP contribution in [-0.2, 0) is 22.4 Å². The lowest BCUT2D eigenvalue weighted by molar-refractivity contribution is -0.125. The second kappa shape index (κ2) is 9.14. The first-order valence-corrected chi connectivity index (χ1v) is 10.9. The highest BCUT2D eigenvalue weighted by Gasteiger charge is 2.22. The van der Waals surface area contributed by atoms with Crippen LogP contribution in [0.15, 0.2) is 60.9 Å². The molecule has 2 aromatic heterocycles. The number of rotatable bonds is 7. The number of aromatic amines is 1. The molecule has 0 saturated carbocycles. The van der Waals surface area contributed by atoms with E-state index in [1.165, 1.54) is 29.4 Å². The molecule has 0 fully saturated rings. The van der Waals surface area contributed by atoms with E-state index in [2.05, 4.69) is 51.8 Å². The molecule has 3 N–H and O–H groups in total. The zero-order chi connectivity index (χ0) is 21.8. The van der Waals surface area contributed by atoms with Crippen molar-refractivity contribution in [3.8, 4) is 0 Å². The van der Waals surface area contributed by atoms with Gasteiger partial charge in [0, 0.05) is 47.9 Å². The van der Waals surface area contributed by atoms with E-state index in [-0.39, 0.29) is 11.8 Å². The molecule has 0 aliphatic heterocycles. The van der Waals surface area contributed by atoms with Crippen molar-refractivity contribution in [2.45, 2.75) is 32.7 Å². The molecule has 0 spiro atoms. The summed E-state index contributed by atoms with van der Waals surface area (Å²) in [7, 11) is 0. The monoisotopic (exact) mass is 432 g/mol. The highest BCUT2D eigenvalue weighted by molar-refractivity contribution is 7.15. The van der Waals surface area contributed by atoms with E-state index in [1.807, 2.05) is 30.5 Å². The number of hydrogen-bond donors (Lipinski definition) is 3. The van der Waals surface area contributed by atoms with Crippen molar-refractivity contribution in [3.05, 3.63) is 82.5 Å². The molecule has 2 heterocycles. The molecule has 2 aromatic carbocycles. The predicted molar refractivity (Wildman–Crippen MR) is 124 cm³/mol. The van der Waals surface area contributed by atoms with Crippen molar-refractivity contribution in [1.82, 2.24) is 15.3 Å². The molecule has 4 rings (SSSR count). The number of aryl methyl sites for hydroxylation is 1. The van der Waals surface area contributed by atoms with E-state index in [4.69, 9.17) is 0 Å². The first-order chi connectivity index (χ1) is 15.0. The van der Waals surface area contributed by atoms with Crippen LogP contribution in [0.4, 0.5) is 5.13 Å². The van der Waals surface area contributed by atoms with Gasteiger partial charge in [-0.05, 0) is 24.1 Å². The molecule has 6 nitrogen and oxygen atoms in total. The summed E-state index contributed by atoms with van der Waals surface area (Å²) < 4.78 is 0. The Morgan fingerprint density at radius 3 is 2.68 bits per heavy atom. The van der Waals surface area contributed by atoms with Gasteiger partial charge in [-0.2, -0.15) is 0 Å². The number of hydrogen-bond acceptors (Lipinski definition) is 4. The zero-order valence-corrected chi connectivity index (χ0v) is 18.3. The molecule has 31 heavy (non-hydrogen) atoms. The lowest BCUT2D eigenvalue weighted by Gasteiger charge is -2.16. The maximum atomic E-state index is 12.9. The average Bonchev–Trinajstić information content (AvgIpc) is 3.36. The van der Waals surface area contributed by atoms with Crippen LogP contribution < -0.4 is 10.6 Å². The number of carbonyl (C=O) groups is 2. The topological polar surface area (TPSA) is 86.9 Å². The smallest absolute Gasteiger partial charge is 0.249 e. The molecule has 158 valence electrons. The minimum atomic E-state index is -0.693. The van der Waals surface area contributed by atoms with Crippen molar-refractivity contribution >= 4 is 39.2 Å². The van der Waals surface area contributed by atoms with Crippen LogP contribution in [0.1, 0.15) is 28.5 Å². The molecular weight excluding hydrogens is 408 g/mol. The minimum absolute atomic E-state index is 0.251. The summed E-state index contributed by atoms with van der Waals surface area (Å²) in [6, 6.07) is 15.6. The molecule has 0 bridgehead atoms. The first-order valence-electron chi connectivity index (χ1n) is 10.1. The maximum Gasteiger partial charge on any atom is 0.249 e.